The molecular weight excluding hydrogens is 488 g/mol. The molecule has 4 N–H and O–H groups in total. The number of hydrogen-bond donors (Lipinski definition) is 2. The molecule has 0 aromatic heterocycles. The van der Waals surface area contributed by atoms with Gasteiger partial charge in [0.2, 0.25) is 0 Å². The molecule has 0 radical (unpaired) electrons. The number of rotatable bonds is 9. The van der Waals surface area contributed by atoms with Gasteiger partial charge in [0.25, 0.3) is 0 Å². The number of nitrogens with two attached hydrogens (primary N) is 2. The van der Waals surface area contributed by atoms with Gasteiger partial charge in [0.15, 0.2) is 0 Å². The summed E-state index contributed by atoms with van der Waals surface area (Å²) in [6, 6.07) is 5.89. The van der Waals surface area contributed by atoms with Crippen molar-refractivity contribution in [1.29, 1.82) is 0 Å². The maximum absolute atomic E-state index is 6.70. The van der Waals surface area contributed by atoms with Gasteiger partial charge in [-0.1, -0.05) is 73.8 Å². The van der Waals surface area contributed by atoms with Crippen LogP contribution in [-0.2, 0) is 11.2 Å². The highest BCUT2D eigenvalue weighted by Crippen LogP contribution is 2.70. The molecule has 4 fully saturated rings. The van der Waals surface area contributed by atoms with Crippen LogP contribution in [-0.4, -0.2) is 12.7 Å². The Kier molecular flexibility index (Phi) is 8.67. The van der Waals surface area contributed by atoms with Gasteiger partial charge in [-0.05, 0) is 133 Å². The minimum absolute atomic E-state index is 0.217. The van der Waals surface area contributed by atoms with Crippen molar-refractivity contribution in [3.63, 3.8) is 0 Å². The molecule has 4 aliphatic carbocycles. The normalized spacial score (nSPS) is 39.4. The first-order chi connectivity index (χ1) is 18.9. The van der Waals surface area contributed by atoms with Crippen LogP contribution in [0.25, 0.3) is 0 Å². The molecule has 0 aliphatic heterocycles. The lowest BCUT2D eigenvalue weighted by Gasteiger charge is -2.65. The molecule has 9 atom stereocenters. The third kappa shape index (κ3) is 5.35. The van der Waals surface area contributed by atoms with E-state index in [0.29, 0.717) is 16.9 Å². The molecule has 0 saturated heterocycles. The van der Waals surface area contributed by atoms with E-state index in [1.807, 2.05) is 12.1 Å². The molecule has 1 aromatic carbocycles. The van der Waals surface area contributed by atoms with E-state index >= 15 is 0 Å². The van der Waals surface area contributed by atoms with E-state index in [4.69, 9.17) is 16.2 Å². The molecule has 0 amide bonds. The second-order valence-corrected chi connectivity index (χ2v) is 16.5. The summed E-state index contributed by atoms with van der Waals surface area (Å²) in [5, 5.41) is 0. The van der Waals surface area contributed by atoms with E-state index in [0.717, 1.165) is 71.4 Å². The summed E-state index contributed by atoms with van der Waals surface area (Å²) in [5.41, 5.74) is 16.1. The first-order valence-electron chi connectivity index (χ1n) is 17.1. The summed E-state index contributed by atoms with van der Waals surface area (Å²) >= 11 is 0. The van der Waals surface area contributed by atoms with Crippen LogP contribution in [0.15, 0.2) is 18.2 Å². The van der Waals surface area contributed by atoms with E-state index in [1.165, 1.54) is 70.6 Å². The monoisotopic (exact) mass is 550 g/mol. The van der Waals surface area contributed by atoms with Crippen LogP contribution in [0, 0.1) is 57.7 Å². The van der Waals surface area contributed by atoms with Gasteiger partial charge in [0, 0.05) is 11.4 Å². The number of benzene rings is 1. The average Bonchev–Trinajstić information content (AvgIpc) is 3.23. The molecule has 0 bridgehead atoms. The Labute approximate surface area is 247 Å². The Morgan fingerprint density at radius 3 is 2.30 bits per heavy atom. The van der Waals surface area contributed by atoms with Crippen molar-refractivity contribution < 1.29 is 4.74 Å². The number of nitrogen functional groups attached to an aromatic ring is 2. The minimum atomic E-state index is 0.217. The van der Waals surface area contributed by atoms with Crippen LogP contribution in [0.4, 0.5) is 11.4 Å². The van der Waals surface area contributed by atoms with Gasteiger partial charge in [-0.25, -0.2) is 0 Å². The van der Waals surface area contributed by atoms with Gasteiger partial charge in [-0.3, -0.25) is 0 Å². The highest BCUT2D eigenvalue weighted by atomic mass is 16.5. The van der Waals surface area contributed by atoms with Crippen molar-refractivity contribution in [1.82, 2.24) is 0 Å². The highest BCUT2D eigenvalue weighted by molar-refractivity contribution is 5.56. The zero-order valence-corrected chi connectivity index (χ0v) is 27.1. The molecular formula is C37H62N2O. The third-order valence-corrected chi connectivity index (χ3v) is 13.6. The molecule has 1 aromatic rings. The molecule has 5 rings (SSSR count). The minimum Gasteiger partial charge on any atom is -0.399 e. The maximum Gasteiger partial charge on any atom is 0.0629 e. The molecule has 4 aliphatic rings. The standard InChI is InChI=1S/C37H62N2O/c1-24(2)9-8-10-25(3)29-14-15-30-28-13-16-33-35(4,5)34(40-22-19-26-11-12-27(38)23-32(26)39)18-21-37(33,7)31(28)17-20-36(29,30)6/h11-12,23-25,28-31,33-34H,8-10,13-22,38-39H2,1-7H3/t25-,28+,29-,30+,31+,33?,34?,36-,37-/m1/s1. The van der Waals surface area contributed by atoms with Crippen molar-refractivity contribution in [2.75, 3.05) is 18.1 Å². The third-order valence-electron chi connectivity index (χ3n) is 13.6. The summed E-state index contributed by atoms with van der Waals surface area (Å²) in [4.78, 5) is 0. The zero-order chi connectivity index (χ0) is 28.9. The Morgan fingerprint density at radius 1 is 0.850 bits per heavy atom. The summed E-state index contributed by atoms with van der Waals surface area (Å²) < 4.78 is 6.70. The number of ether oxygens (including phenoxy) is 1. The van der Waals surface area contributed by atoms with Crippen LogP contribution in [0.1, 0.15) is 125 Å². The smallest absolute Gasteiger partial charge is 0.0629 e. The SMILES string of the molecule is CC(C)CCC[C@@H](C)[C@H]1CC[C@H]2[C@@H]3CCC4C(C)(C)C(OCCc5ccc(N)cc5N)CC[C@]4(C)[C@H]3CC[C@]12C. The highest BCUT2D eigenvalue weighted by Gasteiger charge is 2.63. The summed E-state index contributed by atoms with van der Waals surface area (Å²) in [7, 11) is 0. The Balaban J connectivity index is 1.23. The fourth-order valence-electron chi connectivity index (χ4n) is 11.6. The molecule has 226 valence electrons. The van der Waals surface area contributed by atoms with E-state index in [9.17, 15) is 0 Å². The Hall–Kier alpha value is -1.22. The maximum atomic E-state index is 6.70. The van der Waals surface area contributed by atoms with Crippen molar-refractivity contribution in [2.45, 2.75) is 132 Å². The van der Waals surface area contributed by atoms with Gasteiger partial charge in [-0.2, -0.15) is 0 Å². The molecule has 0 heterocycles. The molecule has 4 saturated carbocycles. The van der Waals surface area contributed by atoms with Gasteiger partial charge in [-0.15, -0.1) is 0 Å². The fourth-order valence-corrected chi connectivity index (χ4v) is 11.6. The molecule has 3 nitrogen and oxygen atoms in total. The van der Waals surface area contributed by atoms with Gasteiger partial charge < -0.3 is 16.2 Å². The molecule has 40 heavy (non-hydrogen) atoms. The lowest BCUT2D eigenvalue weighted by atomic mass is 9.41. The van der Waals surface area contributed by atoms with Crippen LogP contribution in [0.5, 0.6) is 0 Å². The van der Waals surface area contributed by atoms with Crippen LogP contribution in [0.2, 0.25) is 0 Å². The molecule has 2 unspecified atom stereocenters. The fraction of sp³-hybridized carbons (Fsp3) is 0.838. The summed E-state index contributed by atoms with van der Waals surface area (Å²) in [6.07, 6.45) is 16.8. The van der Waals surface area contributed by atoms with Crippen molar-refractivity contribution >= 4 is 11.4 Å². The number of hydrogen-bond acceptors (Lipinski definition) is 3. The van der Waals surface area contributed by atoms with Crippen LogP contribution < -0.4 is 11.5 Å². The lowest BCUT2D eigenvalue weighted by Crippen LogP contribution is -2.59. The van der Waals surface area contributed by atoms with E-state index in [-0.39, 0.29) is 5.41 Å². The van der Waals surface area contributed by atoms with Gasteiger partial charge in [0.05, 0.1) is 12.7 Å². The van der Waals surface area contributed by atoms with Crippen molar-refractivity contribution in [3.05, 3.63) is 23.8 Å². The van der Waals surface area contributed by atoms with Crippen LogP contribution >= 0.6 is 0 Å². The first kappa shape index (κ1) is 30.2. The topological polar surface area (TPSA) is 61.3 Å². The summed E-state index contributed by atoms with van der Waals surface area (Å²) in [6.45, 7) is 18.6. The predicted molar refractivity (Wildman–Crippen MR) is 171 cm³/mol. The lowest BCUT2D eigenvalue weighted by molar-refractivity contribution is -0.190. The van der Waals surface area contributed by atoms with E-state index in [1.54, 1.807) is 0 Å². The second kappa shape index (κ2) is 11.5. The second-order valence-electron chi connectivity index (χ2n) is 16.5. The van der Waals surface area contributed by atoms with E-state index in [2.05, 4.69) is 54.5 Å². The average molecular weight is 551 g/mol. The summed E-state index contributed by atoms with van der Waals surface area (Å²) in [5.74, 6) is 6.28. The van der Waals surface area contributed by atoms with Crippen LogP contribution in [0.3, 0.4) is 0 Å². The predicted octanol–water partition coefficient (Wildman–Crippen LogP) is 9.54. The van der Waals surface area contributed by atoms with Gasteiger partial charge in [0.1, 0.15) is 0 Å². The van der Waals surface area contributed by atoms with Crippen molar-refractivity contribution in [2.24, 2.45) is 57.7 Å². The van der Waals surface area contributed by atoms with Crippen molar-refractivity contribution in [3.8, 4) is 0 Å². The quantitative estimate of drug-likeness (QED) is 0.301. The Bertz CT molecular complexity index is 1020. The molecule has 0 spiro atoms. The number of anilines is 2. The van der Waals surface area contributed by atoms with E-state index < -0.39 is 0 Å². The first-order valence-corrected chi connectivity index (χ1v) is 17.1. The number of fused-ring (bicyclic) bond motifs is 5. The zero-order valence-electron chi connectivity index (χ0n) is 27.1. The Morgan fingerprint density at radius 2 is 1.57 bits per heavy atom. The van der Waals surface area contributed by atoms with Gasteiger partial charge >= 0.3 is 0 Å². The largest absolute Gasteiger partial charge is 0.399 e. The molecule has 3 heteroatoms.